The van der Waals surface area contributed by atoms with E-state index >= 15 is 0 Å². The lowest BCUT2D eigenvalue weighted by Crippen LogP contribution is -1.92. The second-order valence-electron chi connectivity index (χ2n) is 2.64. The molecule has 0 aliphatic carbocycles. The Balaban J connectivity index is 0. The monoisotopic (exact) mass is 304 g/mol. The second-order valence-corrected chi connectivity index (χ2v) is 4.96. The number of phosphoric ester groups is 2. The van der Waals surface area contributed by atoms with Crippen LogP contribution < -0.4 is 21.3 Å². The van der Waals surface area contributed by atoms with Gasteiger partial charge in [0.25, 0.3) is 0 Å². The molecule has 12 heteroatoms. The van der Waals surface area contributed by atoms with Crippen LogP contribution in [0.3, 0.4) is 0 Å². The first kappa shape index (κ1) is 19.4. The first-order chi connectivity index (χ1) is 7.16. The van der Waals surface area contributed by atoms with Gasteiger partial charge in [0.1, 0.15) is 11.5 Å². The van der Waals surface area contributed by atoms with E-state index in [1.165, 1.54) is 0 Å². The lowest BCUT2D eigenvalue weighted by atomic mass is 10.3. The summed E-state index contributed by atoms with van der Waals surface area (Å²) in [6, 6.07) is 4.41. The van der Waals surface area contributed by atoms with Gasteiger partial charge in [-0.25, -0.2) is 9.13 Å². The van der Waals surface area contributed by atoms with Crippen molar-refractivity contribution in [3.05, 3.63) is 24.3 Å². The summed E-state index contributed by atoms with van der Waals surface area (Å²) in [5.41, 5.74) is 0. The third kappa shape index (κ3) is 8.18. The molecule has 0 saturated carbocycles. The molecular weight excluding hydrogens is 290 g/mol. The van der Waals surface area contributed by atoms with Crippen molar-refractivity contribution in [2.75, 3.05) is 0 Å². The first-order valence-corrected chi connectivity index (χ1v) is 6.82. The van der Waals surface area contributed by atoms with Crippen molar-refractivity contribution in [2.24, 2.45) is 0 Å². The van der Waals surface area contributed by atoms with Gasteiger partial charge in [0, 0.05) is 0 Å². The van der Waals surface area contributed by atoms with Crippen LogP contribution in [-0.2, 0) is 9.13 Å². The quantitative estimate of drug-likeness (QED) is 0.434. The molecule has 0 bridgehead atoms. The fraction of sp³-hybridized carbons (Fsp3) is 0. The Labute approximate surface area is 102 Å². The van der Waals surface area contributed by atoms with E-state index in [-0.39, 0.29) is 23.8 Å². The highest BCUT2D eigenvalue weighted by atomic mass is 31.2. The van der Waals surface area contributed by atoms with Crippen molar-refractivity contribution in [1.82, 2.24) is 12.3 Å². The van der Waals surface area contributed by atoms with Crippen LogP contribution >= 0.6 is 15.6 Å². The number of hydrogen-bond acceptors (Lipinski definition) is 6. The fourth-order valence-electron chi connectivity index (χ4n) is 0.836. The molecule has 0 heterocycles. The Morgan fingerprint density at radius 1 is 0.722 bits per heavy atom. The molecule has 0 aliphatic rings. The molecular formula is C6H14N2O8P2. The van der Waals surface area contributed by atoms with E-state index in [9.17, 15) is 9.13 Å². The Morgan fingerprint density at radius 2 is 0.944 bits per heavy atom. The van der Waals surface area contributed by atoms with Gasteiger partial charge in [0.05, 0.1) is 0 Å². The molecule has 1 aromatic rings. The Morgan fingerprint density at radius 3 is 1.11 bits per heavy atom. The molecule has 1 rings (SSSR count). The first-order valence-electron chi connectivity index (χ1n) is 3.76. The van der Waals surface area contributed by atoms with Gasteiger partial charge in [-0.05, 0) is 24.3 Å². The van der Waals surface area contributed by atoms with Gasteiger partial charge >= 0.3 is 15.6 Å². The predicted molar refractivity (Wildman–Crippen MR) is 61.8 cm³/mol. The molecule has 1 aromatic carbocycles. The van der Waals surface area contributed by atoms with Crippen LogP contribution in [0.1, 0.15) is 0 Å². The van der Waals surface area contributed by atoms with E-state index in [1.54, 1.807) is 0 Å². The smallest absolute Gasteiger partial charge is 0.404 e. The summed E-state index contributed by atoms with van der Waals surface area (Å²) in [6.45, 7) is 0. The summed E-state index contributed by atoms with van der Waals surface area (Å²) in [7, 11) is -9.28. The van der Waals surface area contributed by atoms with Gasteiger partial charge < -0.3 is 21.3 Å². The number of phosphoric acid groups is 2. The van der Waals surface area contributed by atoms with Crippen molar-refractivity contribution >= 4 is 15.6 Å². The van der Waals surface area contributed by atoms with Crippen molar-refractivity contribution in [3.63, 3.8) is 0 Å². The van der Waals surface area contributed by atoms with Gasteiger partial charge in [0.2, 0.25) is 0 Å². The standard InChI is InChI=1S/C6H8O8P2.2H3N/c7-15(8,9)13-5-1-2-6(4-3-5)14-16(10,11)12;;/h1-4H,(H2,7,8,9)(H2,10,11,12);2*1H3. The Hall–Kier alpha value is -0.960. The molecule has 106 valence electrons. The van der Waals surface area contributed by atoms with E-state index in [1.807, 2.05) is 0 Å². The van der Waals surface area contributed by atoms with E-state index in [0.717, 1.165) is 24.3 Å². The topological polar surface area (TPSA) is 204 Å². The van der Waals surface area contributed by atoms with Gasteiger partial charge in [0.15, 0.2) is 0 Å². The maximum Gasteiger partial charge on any atom is 0.524 e. The zero-order valence-electron chi connectivity index (χ0n) is 9.04. The van der Waals surface area contributed by atoms with Crippen molar-refractivity contribution < 1.29 is 37.8 Å². The average molecular weight is 304 g/mol. The summed E-state index contributed by atoms with van der Waals surface area (Å²) in [5, 5.41) is 0. The molecule has 0 fully saturated rings. The zero-order valence-corrected chi connectivity index (χ0v) is 10.8. The normalized spacial score (nSPS) is 10.9. The minimum atomic E-state index is -4.64. The summed E-state index contributed by atoms with van der Waals surface area (Å²) >= 11 is 0. The summed E-state index contributed by atoms with van der Waals surface area (Å²) < 4.78 is 29.3. The molecule has 0 unspecified atom stereocenters. The second kappa shape index (κ2) is 6.83. The van der Waals surface area contributed by atoms with E-state index in [4.69, 9.17) is 19.6 Å². The van der Waals surface area contributed by atoms with Crippen molar-refractivity contribution in [3.8, 4) is 11.5 Å². The SMILES string of the molecule is N.N.O=P(O)(O)Oc1ccc(OP(=O)(O)O)cc1. The largest absolute Gasteiger partial charge is 0.524 e. The van der Waals surface area contributed by atoms with Gasteiger partial charge in [-0.15, -0.1) is 0 Å². The maximum absolute atomic E-state index is 10.4. The van der Waals surface area contributed by atoms with E-state index < -0.39 is 15.6 Å². The highest BCUT2D eigenvalue weighted by Gasteiger charge is 2.18. The highest BCUT2D eigenvalue weighted by molar-refractivity contribution is 7.47. The molecule has 0 radical (unpaired) electrons. The molecule has 0 atom stereocenters. The van der Waals surface area contributed by atoms with Crippen molar-refractivity contribution in [2.45, 2.75) is 0 Å². The van der Waals surface area contributed by atoms with Crippen molar-refractivity contribution in [1.29, 1.82) is 0 Å². The maximum atomic E-state index is 10.4. The summed E-state index contributed by atoms with van der Waals surface area (Å²) in [4.78, 5) is 33.8. The van der Waals surface area contributed by atoms with Crippen LogP contribution in [0, 0.1) is 0 Å². The molecule has 10 nitrogen and oxygen atoms in total. The molecule has 0 amide bonds. The average Bonchev–Trinajstić information content (AvgIpc) is 2.03. The lowest BCUT2D eigenvalue weighted by Gasteiger charge is -2.08. The molecule has 10 N–H and O–H groups in total. The van der Waals surface area contributed by atoms with Crippen LogP contribution in [-0.4, -0.2) is 19.6 Å². The minimum absolute atomic E-state index is 0. The molecule has 18 heavy (non-hydrogen) atoms. The van der Waals surface area contributed by atoms with Crippen LogP contribution in [0.2, 0.25) is 0 Å². The third-order valence-corrected chi connectivity index (χ3v) is 2.17. The van der Waals surface area contributed by atoms with E-state index in [2.05, 4.69) is 9.05 Å². The van der Waals surface area contributed by atoms with Crippen LogP contribution in [0.4, 0.5) is 0 Å². The van der Waals surface area contributed by atoms with Crippen LogP contribution in [0.5, 0.6) is 11.5 Å². The van der Waals surface area contributed by atoms with E-state index in [0.29, 0.717) is 0 Å². The molecule has 0 aliphatic heterocycles. The van der Waals surface area contributed by atoms with Crippen LogP contribution in [0.25, 0.3) is 0 Å². The lowest BCUT2D eigenvalue weighted by molar-refractivity contribution is 0.278. The van der Waals surface area contributed by atoms with Crippen LogP contribution in [0.15, 0.2) is 24.3 Å². The minimum Gasteiger partial charge on any atom is -0.404 e. The summed E-state index contributed by atoms with van der Waals surface area (Å²) in [6.07, 6.45) is 0. The number of rotatable bonds is 4. The number of benzene rings is 1. The van der Waals surface area contributed by atoms with Gasteiger partial charge in [-0.3, -0.25) is 19.6 Å². The molecule has 0 spiro atoms. The fourth-order valence-corrected chi connectivity index (χ4v) is 1.63. The Kier molecular flexibility index (Phi) is 7.36. The molecule has 0 aromatic heterocycles. The third-order valence-electron chi connectivity index (χ3n) is 1.27. The highest BCUT2D eigenvalue weighted by Crippen LogP contribution is 2.40. The van der Waals surface area contributed by atoms with Gasteiger partial charge in [-0.1, -0.05) is 0 Å². The summed E-state index contributed by atoms with van der Waals surface area (Å²) in [5.74, 6) is -0.294. The number of hydrogen-bond donors (Lipinski definition) is 6. The van der Waals surface area contributed by atoms with Gasteiger partial charge in [-0.2, -0.15) is 0 Å². The molecule has 0 saturated heterocycles. The predicted octanol–water partition coefficient (Wildman–Crippen LogP) is 0.954. The zero-order chi connectivity index (χ0) is 12.4. The Bertz CT molecular complexity index is 408.